The first-order valence-corrected chi connectivity index (χ1v) is 10.3. The van der Waals surface area contributed by atoms with Gasteiger partial charge in [0.15, 0.2) is 0 Å². The van der Waals surface area contributed by atoms with Crippen LogP contribution < -0.4 is 5.32 Å². The fraction of sp³-hybridized carbons (Fsp3) is 0.522. The third-order valence-electron chi connectivity index (χ3n) is 5.05. The highest BCUT2D eigenvalue weighted by molar-refractivity contribution is 5.79. The number of hydrogen-bond acceptors (Lipinski definition) is 5. The predicted octanol–water partition coefficient (Wildman–Crippen LogP) is 3.51. The highest BCUT2D eigenvalue weighted by Gasteiger charge is 2.32. The van der Waals surface area contributed by atoms with E-state index in [4.69, 9.17) is 4.98 Å². The Labute approximate surface area is 174 Å². The largest absolute Gasteiger partial charge is 0.373 e. The SMILES string of the molecule is CNc1cc([C@H]2CC(=O)N(Cc3ccccc3)C2)nc(CN(C)CC(C)(C)C)n1. The van der Waals surface area contributed by atoms with E-state index in [1.165, 1.54) is 0 Å². The smallest absolute Gasteiger partial charge is 0.223 e. The molecule has 1 N–H and O–H groups in total. The van der Waals surface area contributed by atoms with Crippen LogP contribution in [0, 0.1) is 5.41 Å². The number of aromatic nitrogens is 2. The van der Waals surface area contributed by atoms with E-state index in [0.29, 0.717) is 26.1 Å². The summed E-state index contributed by atoms with van der Waals surface area (Å²) in [6.45, 7) is 9.69. The quantitative estimate of drug-likeness (QED) is 0.777. The highest BCUT2D eigenvalue weighted by Crippen LogP contribution is 2.29. The molecule has 1 saturated heterocycles. The average Bonchev–Trinajstić information content (AvgIpc) is 3.01. The number of likely N-dealkylation sites (tertiary alicyclic amines) is 1. The first-order valence-electron chi connectivity index (χ1n) is 10.3. The van der Waals surface area contributed by atoms with Gasteiger partial charge < -0.3 is 10.2 Å². The fourth-order valence-electron chi connectivity index (χ4n) is 3.96. The van der Waals surface area contributed by atoms with E-state index in [0.717, 1.165) is 29.4 Å². The monoisotopic (exact) mass is 395 g/mol. The summed E-state index contributed by atoms with van der Waals surface area (Å²) in [6.07, 6.45) is 0.504. The maximum atomic E-state index is 12.6. The van der Waals surface area contributed by atoms with Crippen molar-refractivity contribution in [2.75, 3.05) is 32.5 Å². The number of nitrogens with one attached hydrogen (secondary N) is 1. The summed E-state index contributed by atoms with van der Waals surface area (Å²) < 4.78 is 0. The van der Waals surface area contributed by atoms with E-state index in [1.807, 2.05) is 36.2 Å². The molecule has 1 aliphatic heterocycles. The van der Waals surface area contributed by atoms with Crippen LogP contribution in [-0.4, -0.2) is 52.9 Å². The lowest BCUT2D eigenvalue weighted by atomic mass is 9.96. The minimum Gasteiger partial charge on any atom is -0.373 e. The number of hydrogen-bond donors (Lipinski definition) is 1. The Morgan fingerprint density at radius 1 is 1.21 bits per heavy atom. The van der Waals surface area contributed by atoms with Crippen LogP contribution in [0.3, 0.4) is 0 Å². The van der Waals surface area contributed by atoms with E-state index < -0.39 is 0 Å². The van der Waals surface area contributed by atoms with E-state index in [2.05, 4.69) is 55.2 Å². The van der Waals surface area contributed by atoms with Gasteiger partial charge in [-0.15, -0.1) is 0 Å². The number of carbonyl (C=O) groups excluding carboxylic acids is 1. The van der Waals surface area contributed by atoms with Crippen molar-refractivity contribution in [2.45, 2.75) is 46.2 Å². The number of rotatable bonds is 7. The van der Waals surface area contributed by atoms with E-state index in [1.54, 1.807) is 0 Å². The number of benzene rings is 1. The summed E-state index contributed by atoms with van der Waals surface area (Å²) in [5.74, 6) is 1.90. The van der Waals surface area contributed by atoms with Crippen molar-refractivity contribution in [3.8, 4) is 0 Å². The summed E-state index contributed by atoms with van der Waals surface area (Å²) in [7, 11) is 3.97. The van der Waals surface area contributed by atoms with E-state index in [9.17, 15) is 4.79 Å². The minimum atomic E-state index is 0.105. The van der Waals surface area contributed by atoms with E-state index >= 15 is 0 Å². The molecular weight excluding hydrogens is 362 g/mol. The molecule has 1 amide bonds. The van der Waals surface area contributed by atoms with Crippen molar-refractivity contribution in [2.24, 2.45) is 5.41 Å². The highest BCUT2D eigenvalue weighted by atomic mass is 16.2. The molecule has 0 saturated carbocycles. The minimum absolute atomic E-state index is 0.105. The van der Waals surface area contributed by atoms with Crippen molar-refractivity contribution in [1.29, 1.82) is 0 Å². The molecule has 0 spiro atoms. The summed E-state index contributed by atoms with van der Waals surface area (Å²) in [4.78, 5) is 26.3. The summed E-state index contributed by atoms with van der Waals surface area (Å²) in [5, 5.41) is 3.15. The molecule has 0 unspecified atom stereocenters. The maximum absolute atomic E-state index is 12.6. The van der Waals surface area contributed by atoms with Gasteiger partial charge in [-0.3, -0.25) is 9.69 Å². The first-order chi connectivity index (χ1) is 13.7. The Morgan fingerprint density at radius 3 is 2.59 bits per heavy atom. The lowest BCUT2D eigenvalue weighted by Crippen LogP contribution is -2.29. The van der Waals surface area contributed by atoms with Crippen molar-refractivity contribution >= 4 is 11.7 Å². The Kier molecular flexibility index (Phi) is 6.52. The van der Waals surface area contributed by atoms with Crippen LogP contribution in [0.4, 0.5) is 5.82 Å². The first kappa shape index (κ1) is 21.2. The number of anilines is 1. The van der Waals surface area contributed by atoms with Gasteiger partial charge in [-0.25, -0.2) is 9.97 Å². The van der Waals surface area contributed by atoms with Gasteiger partial charge in [0, 0.05) is 45.1 Å². The van der Waals surface area contributed by atoms with Crippen molar-refractivity contribution in [3.63, 3.8) is 0 Å². The van der Waals surface area contributed by atoms with Gasteiger partial charge >= 0.3 is 0 Å². The van der Waals surface area contributed by atoms with Crippen LogP contribution in [0.15, 0.2) is 36.4 Å². The second-order valence-electron chi connectivity index (χ2n) is 9.24. The van der Waals surface area contributed by atoms with Gasteiger partial charge in [0.2, 0.25) is 5.91 Å². The Hall–Kier alpha value is -2.47. The summed E-state index contributed by atoms with van der Waals surface area (Å²) in [6, 6.07) is 12.1. The van der Waals surface area contributed by atoms with Gasteiger partial charge in [0.05, 0.1) is 12.2 Å². The van der Waals surface area contributed by atoms with Gasteiger partial charge in [0.1, 0.15) is 11.6 Å². The molecule has 1 aromatic heterocycles. The zero-order chi connectivity index (χ0) is 21.0. The molecule has 3 rings (SSSR count). The average molecular weight is 396 g/mol. The van der Waals surface area contributed by atoms with Crippen LogP contribution in [0.2, 0.25) is 0 Å². The van der Waals surface area contributed by atoms with E-state index in [-0.39, 0.29) is 17.2 Å². The molecule has 2 aromatic rings. The molecule has 0 bridgehead atoms. The van der Waals surface area contributed by atoms with Crippen LogP contribution in [0.1, 0.15) is 50.2 Å². The summed E-state index contributed by atoms with van der Waals surface area (Å²) in [5.41, 5.74) is 2.32. The van der Waals surface area contributed by atoms with Crippen LogP contribution in [0.5, 0.6) is 0 Å². The standard InChI is InChI=1S/C23H33N5O/c1-23(2,3)16-27(5)15-21-25-19(12-20(24-4)26-21)18-11-22(29)28(14-18)13-17-9-7-6-8-10-17/h6-10,12,18H,11,13-16H2,1-5H3,(H,24,25,26)/t18-/m0/s1. The molecule has 1 aliphatic rings. The molecule has 156 valence electrons. The Bertz CT molecular complexity index is 831. The molecular formula is C23H33N5O. The van der Waals surface area contributed by atoms with Crippen molar-refractivity contribution < 1.29 is 4.79 Å². The number of nitrogens with zero attached hydrogens (tertiary/aromatic N) is 4. The lowest BCUT2D eigenvalue weighted by Gasteiger charge is -2.26. The molecule has 29 heavy (non-hydrogen) atoms. The Balaban J connectivity index is 1.73. The van der Waals surface area contributed by atoms with Gasteiger partial charge in [-0.05, 0) is 18.0 Å². The molecule has 0 aliphatic carbocycles. The lowest BCUT2D eigenvalue weighted by molar-refractivity contribution is -0.128. The number of carbonyl (C=O) groups is 1. The van der Waals surface area contributed by atoms with Crippen molar-refractivity contribution in [3.05, 3.63) is 53.5 Å². The topological polar surface area (TPSA) is 61.4 Å². The number of amides is 1. The van der Waals surface area contributed by atoms with Gasteiger partial charge in [0.25, 0.3) is 0 Å². The second-order valence-corrected chi connectivity index (χ2v) is 9.24. The zero-order valence-corrected chi connectivity index (χ0v) is 18.3. The van der Waals surface area contributed by atoms with Crippen LogP contribution >= 0.6 is 0 Å². The fourth-order valence-corrected chi connectivity index (χ4v) is 3.96. The summed E-state index contributed by atoms with van der Waals surface area (Å²) >= 11 is 0. The normalized spacial score (nSPS) is 17.2. The molecule has 6 heteroatoms. The second kappa shape index (κ2) is 8.91. The molecule has 0 radical (unpaired) electrons. The molecule has 6 nitrogen and oxygen atoms in total. The molecule has 2 heterocycles. The third kappa shape index (κ3) is 6.00. The van der Waals surface area contributed by atoms with Crippen LogP contribution in [0.25, 0.3) is 0 Å². The van der Waals surface area contributed by atoms with Gasteiger partial charge in [-0.1, -0.05) is 51.1 Å². The van der Waals surface area contributed by atoms with Gasteiger partial charge in [-0.2, -0.15) is 0 Å². The molecule has 1 atom stereocenters. The maximum Gasteiger partial charge on any atom is 0.223 e. The third-order valence-corrected chi connectivity index (χ3v) is 5.05. The van der Waals surface area contributed by atoms with Crippen molar-refractivity contribution in [1.82, 2.24) is 19.8 Å². The zero-order valence-electron chi connectivity index (χ0n) is 18.3. The van der Waals surface area contributed by atoms with Crippen LogP contribution in [-0.2, 0) is 17.9 Å². The Morgan fingerprint density at radius 2 is 1.93 bits per heavy atom. The predicted molar refractivity (Wildman–Crippen MR) is 117 cm³/mol. The molecule has 1 aromatic carbocycles. The molecule has 1 fully saturated rings.